The Labute approximate surface area is 112 Å². The summed E-state index contributed by atoms with van der Waals surface area (Å²) >= 11 is 0. The normalized spacial score (nSPS) is 10.8. The number of amides is 2. The van der Waals surface area contributed by atoms with E-state index in [0.717, 1.165) is 17.0 Å². The average Bonchev–Trinajstić information content (AvgIpc) is 2.28. The molecule has 9 heteroatoms. The van der Waals surface area contributed by atoms with Gasteiger partial charge in [-0.15, -0.1) is 13.2 Å². The maximum atomic E-state index is 11.9. The van der Waals surface area contributed by atoms with Gasteiger partial charge < -0.3 is 20.7 Å². The van der Waals surface area contributed by atoms with E-state index in [-0.39, 0.29) is 18.1 Å². The van der Waals surface area contributed by atoms with Crippen molar-refractivity contribution in [2.24, 2.45) is 5.73 Å². The van der Waals surface area contributed by atoms with Crippen LogP contribution in [0, 0.1) is 5.41 Å². The maximum Gasteiger partial charge on any atom is 0.573 e. The lowest BCUT2D eigenvalue weighted by molar-refractivity contribution is -0.274. The summed E-state index contributed by atoms with van der Waals surface area (Å²) in [7, 11) is 1.43. The van der Waals surface area contributed by atoms with Crippen LogP contribution in [0.15, 0.2) is 24.3 Å². The first-order valence-electron chi connectivity index (χ1n) is 5.38. The fraction of sp³-hybridized carbons (Fsp3) is 0.273. The third-order valence-corrected chi connectivity index (χ3v) is 2.09. The van der Waals surface area contributed by atoms with Crippen LogP contribution in [0.3, 0.4) is 0 Å². The zero-order chi connectivity index (χ0) is 15.3. The highest BCUT2D eigenvalue weighted by Crippen LogP contribution is 2.23. The number of nitrogens with one attached hydrogen (secondary N) is 2. The molecule has 0 spiro atoms. The second kappa shape index (κ2) is 6.13. The molecule has 4 N–H and O–H groups in total. The summed E-state index contributed by atoms with van der Waals surface area (Å²) in [6, 6.07) is 4.15. The van der Waals surface area contributed by atoms with Gasteiger partial charge in [0, 0.05) is 12.7 Å². The van der Waals surface area contributed by atoms with Crippen LogP contribution in [0.1, 0.15) is 0 Å². The highest BCUT2D eigenvalue weighted by molar-refractivity contribution is 5.92. The Kier molecular flexibility index (Phi) is 4.78. The molecule has 0 atom stereocenters. The number of nitrogens with two attached hydrogens (primary N) is 1. The van der Waals surface area contributed by atoms with E-state index >= 15 is 0 Å². The van der Waals surface area contributed by atoms with Crippen molar-refractivity contribution in [3.05, 3.63) is 24.3 Å². The molecule has 0 aromatic heterocycles. The number of alkyl halides is 3. The Bertz CT molecular complexity index is 487. The van der Waals surface area contributed by atoms with Crippen molar-refractivity contribution in [1.82, 2.24) is 4.90 Å². The lowest BCUT2D eigenvalue weighted by Crippen LogP contribution is -2.37. The molecule has 0 saturated carbocycles. The zero-order valence-electron chi connectivity index (χ0n) is 10.5. The van der Waals surface area contributed by atoms with E-state index in [1.165, 1.54) is 19.2 Å². The van der Waals surface area contributed by atoms with Crippen LogP contribution in [0.25, 0.3) is 0 Å². The smallest absolute Gasteiger partial charge is 0.406 e. The molecule has 0 aliphatic rings. The van der Waals surface area contributed by atoms with E-state index < -0.39 is 12.4 Å². The fourth-order valence-electron chi connectivity index (χ4n) is 1.29. The van der Waals surface area contributed by atoms with E-state index in [1.807, 2.05) is 0 Å². The van der Waals surface area contributed by atoms with Crippen molar-refractivity contribution < 1.29 is 22.7 Å². The molecule has 0 aliphatic heterocycles. The summed E-state index contributed by atoms with van der Waals surface area (Å²) in [4.78, 5) is 12.8. The van der Waals surface area contributed by atoms with Crippen LogP contribution < -0.4 is 15.8 Å². The highest BCUT2D eigenvalue weighted by atomic mass is 19.4. The van der Waals surface area contributed by atoms with E-state index in [1.54, 1.807) is 0 Å². The molecule has 20 heavy (non-hydrogen) atoms. The predicted molar refractivity (Wildman–Crippen MR) is 66.7 cm³/mol. The molecular weight excluding hydrogens is 277 g/mol. The number of hydrogen-bond acceptors (Lipinski definition) is 3. The fourth-order valence-corrected chi connectivity index (χ4v) is 1.29. The van der Waals surface area contributed by atoms with Gasteiger partial charge in [-0.1, -0.05) is 0 Å². The van der Waals surface area contributed by atoms with Crippen LogP contribution in [-0.4, -0.2) is 36.7 Å². The lowest BCUT2D eigenvalue weighted by Gasteiger charge is -2.17. The van der Waals surface area contributed by atoms with Crippen molar-refractivity contribution in [2.75, 3.05) is 18.9 Å². The Balaban J connectivity index is 2.61. The van der Waals surface area contributed by atoms with Crippen LogP contribution in [0.4, 0.5) is 23.7 Å². The average molecular weight is 290 g/mol. The second-order valence-electron chi connectivity index (χ2n) is 3.88. The van der Waals surface area contributed by atoms with Gasteiger partial charge in [-0.25, -0.2) is 4.79 Å². The largest absolute Gasteiger partial charge is 0.573 e. The molecule has 0 heterocycles. The summed E-state index contributed by atoms with van der Waals surface area (Å²) < 4.78 is 39.5. The van der Waals surface area contributed by atoms with Crippen LogP contribution in [0.2, 0.25) is 0 Å². The number of anilines is 1. The molecule has 0 fully saturated rings. The number of benzene rings is 1. The lowest BCUT2D eigenvalue weighted by atomic mass is 10.3. The first kappa shape index (κ1) is 15.6. The summed E-state index contributed by atoms with van der Waals surface area (Å²) in [6.45, 7) is -0.0545. The monoisotopic (exact) mass is 290 g/mol. The number of likely N-dealkylation sites (N-methyl/N-ethyl adjacent to an activating group) is 1. The number of carbonyl (C=O) groups excluding carboxylic acids is 1. The van der Waals surface area contributed by atoms with Gasteiger partial charge in [-0.2, -0.15) is 0 Å². The molecule has 1 rings (SSSR count). The number of urea groups is 1. The van der Waals surface area contributed by atoms with Crippen LogP contribution in [0.5, 0.6) is 5.75 Å². The molecule has 0 aliphatic carbocycles. The SMILES string of the molecule is CN(CC(=N)N)C(=O)Nc1ccc(OC(F)(F)F)cc1. The van der Waals surface area contributed by atoms with Gasteiger partial charge in [0.2, 0.25) is 0 Å². The molecule has 110 valence electrons. The number of nitrogens with zero attached hydrogens (tertiary/aromatic N) is 1. The van der Waals surface area contributed by atoms with Gasteiger partial charge in [0.15, 0.2) is 0 Å². The minimum Gasteiger partial charge on any atom is -0.406 e. The molecular formula is C11H13F3N4O2. The van der Waals surface area contributed by atoms with Gasteiger partial charge in [0.05, 0.1) is 6.54 Å². The van der Waals surface area contributed by atoms with Crippen molar-refractivity contribution in [2.45, 2.75) is 6.36 Å². The van der Waals surface area contributed by atoms with Crippen molar-refractivity contribution in [1.29, 1.82) is 5.41 Å². The van der Waals surface area contributed by atoms with Crippen LogP contribution >= 0.6 is 0 Å². The Morgan fingerprint density at radius 3 is 2.40 bits per heavy atom. The van der Waals surface area contributed by atoms with Crippen molar-refractivity contribution >= 4 is 17.6 Å². The number of halogens is 3. The number of carbonyl (C=O) groups is 1. The minimum atomic E-state index is -4.76. The van der Waals surface area contributed by atoms with Crippen molar-refractivity contribution in [3.63, 3.8) is 0 Å². The van der Waals surface area contributed by atoms with E-state index in [4.69, 9.17) is 11.1 Å². The molecule has 2 amide bonds. The maximum absolute atomic E-state index is 11.9. The Morgan fingerprint density at radius 1 is 1.40 bits per heavy atom. The molecule has 0 saturated heterocycles. The van der Waals surface area contributed by atoms with Gasteiger partial charge in [0.25, 0.3) is 0 Å². The molecule has 0 bridgehead atoms. The topological polar surface area (TPSA) is 91.4 Å². The molecule has 1 aromatic carbocycles. The van der Waals surface area contributed by atoms with Gasteiger partial charge in [0.1, 0.15) is 11.6 Å². The second-order valence-corrected chi connectivity index (χ2v) is 3.88. The standard InChI is InChI=1S/C11H13F3N4O2/c1-18(6-9(15)16)10(19)17-7-2-4-8(5-3-7)20-11(12,13)14/h2-5H,6H2,1H3,(H3,15,16)(H,17,19). The van der Waals surface area contributed by atoms with Gasteiger partial charge in [-0.05, 0) is 24.3 Å². The first-order chi connectivity index (χ1) is 9.17. The van der Waals surface area contributed by atoms with E-state index in [0.29, 0.717) is 5.69 Å². The Morgan fingerprint density at radius 2 is 1.95 bits per heavy atom. The predicted octanol–water partition coefficient (Wildman–Crippen LogP) is 1.98. The number of ether oxygens (including phenoxy) is 1. The summed E-state index contributed by atoms with van der Waals surface area (Å²) in [5.74, 6) is -0.566. The number of rotatable bonds is 4. The van der Waals surface area contributed by atoms with Crippen molar-refractivity contribution in [3.8, 4) is 5.75 Å². The summed E-state index contributed by atoms with van der Waals surface area (Å²) in [5, 5.41) is 9.48. The molecule has 1 aromatic rings. The molecule has 6 nitrogen and oxygen atoms in total. The van der Waals surface area contributed by atoms with Crippen LogP contribution in [-0.2, 0) is 0 Å². The van der Waals surface area contributed by atoms with E-state index in [9.17, 15) is 18.0 Å². The zero-order valence-corrected chi connectivity index (χ0v) is 10.5. The first-order valence-corrected chi connectivity index (χ1v) is 5.38. The summed E-state index contributed by atoms with van der Waals surface area (Å²) in [6.07, 6.45) is -4.76. The van der Waals surface area contributed by atoms with Gasteiger partial charge in [-0.3, -0.25) is 5.41 Å². The number of amidine groups is 1. The Hall–Kier alpha value is -2.45. The minimum absolute atomic E-state index is 0.0545. The van der Waals surface area contributed by atoms with E-state index in [2.05, 4.69) is 10.1 Å². The third-order valence-electron chi connectivity index (χ3n) is 2.09. The summed E-state index contributed by atoms with van der Waals surface area (Å²) in [5.41, 5.74) is 5.43. The highest BCUT2D eigenvalue weighted by Gasteiger charge is 2.30. The molecule has 0 unspecified atom stereocenters. The van der Waals surface area contributed by atoms with Gasteiger partial charge >= 0.3 is 12.4 Å². The molecule has 0 radical (unpaired) electrons. The number of hydrogen-bond donors (Lipinski definition) is 3. The third kappa shape index (κ3) is 5.46. The quantitative estimate of drug-likeness (QED) is 0.585.